The molecule has 47 heavy (non-hydrogen) atoms. The third-order valence-electron chi connectivity index (χ3n) is 14.2. The zero-order chi connectivity index (χ0) is 33.7. The normalized spacial score (nSPS) is 32.6. The van der Waals surface area contributed by atoms with Gasteiger partial charge in [-0.1, -0.05) is 136 Å². The Morgan fingerprint density at radius 1 is 0.830 bits per heavy atom. The molecular formula is C45H78O2. The van der Waals surface area contributed by atoms with Crippen LogP contribution in [0, 0.1) is 46.3 Å². The summed E-state index contributed by atoms with van der Waals surface area (Å²) in [5.74, 6) is 4.97. The zero-order valence-corrected chi connectivity index (χ0v) is 32.3. The predicted octanol–water partition coefficient (Wildman–Crippen LogP) is 14.0. The Labute approximate surface area is 293 Å². The van der Waals surface area contributed by atoms with Gasteiger partial charge in [-0.25, -0.2) is 0 Å². The Hall–Kier alpha value is -1.05. The summed E-state index contributed by atoms with van der Waals surface area (Å²) in [4.78, 5) is 13.3. The first-order valence-electron chi connectivity index (χ1n) is 21.3. The summed E-state index contributed by atoms with van der Waals surface area (Å²) < 4.78 is 6.50. The van der Waals surface area contributed by atoms with E-state index in [2.05, 4.69) is 59.8 Å². The minimum Gasteiger partial charge on any atom is -0.461 e. The quantitative estimate of drug-likeness (QED) is 0.0702. The lowest BCUT2D eigenvalue weighted by Gasteiger charge is -2.59. The molecule has 1 unspecified atom stereocenters. The fourth-order valence-corrected chi connectivity index (χ4v) is 11.5. The lowest BCUT2D eigenvalue weighted by Crippen LogP contribution is -2.55. The van der Waals surface area contributed by atoms with Gasteiger partial charge in [0.25, 0.3) is 0 Å². The van der Waals surface area contributed by atoms with E-state index in [9.17, 15) is 4.79 Å². The van der Waals surface area contributed by atoms with Crippen LogP contribution in [0.2, 0.25) is 0 Å². The number of esters is 1. The molecular weight excluding hydrogens is 572 g/mol. The van der Waals surface area contributed by atoms with Crippen molar-refractivity contribution in [3.05, 3.63) is 23.8 Å². The Balaban J connectivity index is 1.19. The van der Waals surface area contributed by atoms with Gasteiger partial charge < -0.3 is 4.74 Å². The molecule has 0 bridgehead atoms. The van der Waals surface area contributed by atoms with Gasteiger partial charge in [-0.15, -0.1) is 0 Å². The Bertz CT molecular complexity index is 976. The predicted molar refractivity (Wildman–Crippen MR) is 202 cm³/mol. The minimum absolute atomic E-state index is 0.0572. The number of carbonyl (C=O) groups is 1. The summed E-state index contributed by atoms with van der Waals surface area (Å²) in [6.07, 6.45) is 39.4. The first-order valence-corrected chi connectivity index (χ1v) is 21.3. The SMILES string of the molecule is CCCCCCCC/C=C\CCCCCCCC(=O)OC1CCCC2=CC[C@H]3[C@@H]4CC[C@H]([C@H](C)CCCC(C)C)[C@@]4(C)CC[C@@H]3[C@]21C. The van der Waals surface area contributed by atoms with Crippen LogP contribution in [0.3, 0.4) is 0 Å². The lowest BCUT2D eigenvalue weighted by molar-refractivity contribution is -0.165. The van der Waals surface area contributed by atoms with Crippen molar-refractivity contribution in [1.82, 2.24) is 0 Å². The summed E-state index contributed by atoms with van der Waals surface area (Å²) >= 11 is 0. The number of allylic oxidation sites excluding steroid dienone is 3. The van der Waals surface area contributed by atoms with Crippen molar-refractivity contribution in [2.45, 2.75) is 208 Å². The van der Waals surface area contributed by atoms with Crippen LogP contribution < -0.4 is 0 Å². The number of ether oxygens (including phenoxy) is 1. The number of fused-ring (bicyclic) bond motifs is 5. The van der Waals surface area contributed by atoms with Crippen LogP contribution in [0.15, 0.2) is 23.8 Å². The molecule has 2 heteroatoms. The van der Waals surface area contributed by atoms with Crippen molar-refractivity contribution in [2.75, 3.05) is 0 Å². The van der Waals surface area contributed by atoms with Crippen molar-refractivity contribution in [1.29, 1.82) is 0 Å². The maximum atomic E-state index is 13.3. The summed E-state index contributed by atoms with van der Waals surface area (Å²) in [6.45, 7) is 14.8. The van der Waals surface area contributed by atoms with E-state index < -0.39 is 0 Å². The van der Waals surface area contributed by atoms with Crippen molar-refractivity contribution in [2.24, 2.45) is 46.3 Å². The first-order chi connectivity index (χ1) is 22.7. The molecule has 0 saturated heterocycles. The van der Waals surface area contributed by atoms with Crippen molar-refractivity contribution in [3.8, 4) is 0 Å². The van der Waals surface area contributed by atoms with E-state index in [0.29, 0.717) is 17.8 Å². The van der Waals surface area contributed by atoms with Gasteiger partial charge in [0, 0.05) is 11.8 Å². The Morgan fingerprint density at radius 2 is 1.51 bits per heavy atom. The molecule has 0 heterocycles. The Kier molecular flexibility index (Phi) is 16.0. The molecule has 270 valence electrons. The molecule has 4 rings (SSSR count). The molecule has 0 amide bonds. The number of hydrogen-bond donors (Lipinski definition) is 0. The fourth-order valence-electron chi connectivity index (χ4n) is 11.5. The minimum atomic E-state index is 0.0572. The molecule has 0 radical (unpaired) electrons. The van der Waals surface area contributed by atoms with E-state index in [1.165, 1.54) is 135 Å². The average Bonchev–Trinajstić information content (AvgIpc) is 3.40. The summed E-state index contributed by atoms with van der Waals surface area (Å²) in [6, 6.07) is 0. The molecule has 2 nitrogen and oxygen atoms in total. The van der Waals surface area contributed by atoms with E-state index in [0.717, 1.165) is 48.9 Å². The van der Waals surface area contributed by atoms with Crippen molar-refractivity contribution >= 4 is 5.97 Å². The standard InChI is InChI=1S/C45H78O2/c1-7-8-9-10-11-12-13-14-15-16-17-18-19-20-21-28-43(46)47-42-27-23-26-37-29-30-38-40-32-31-39(36(4)25-22-24-35(2)3)44(40,5)34-33-41(38)45(37,42)6/h14-15,29,35-36,38-42H,7-13,16-28,30-34H2,1-6H3/b15-14-/t36-,38+,39-,40+,41+,42?,44-,45+/m1/s1. The van der Waals surface area contributed by atoms with Gasteiger partial charge in [0.15, 0.2) is 0 Å². The van der Waals surface area contributed by atoms with Crippen LogP contribution in [-0.4, -0.2) is 12.1 Å². The molecule has 3 fully saturated rings. The zero-order valence-electron chi connectivity index (χ0n) is 32.3. The van der Waals surface area contributed by atoms with Crippen LogP contribution in [-0.2, 0) is 9.53 Å². The maximum absolute atomic E-state index is 13.3. The summed E-state index contributed by atoms with van der Waals surface area (Å²) in [5, 5.41) is 0. The van der Waals surface area contributed by atoms with Crippen LogP contribution >= 0.6 is 0 Å². The second kappa shape index (κ2) is 19.4. The molecule has 0 aliphatic heterocycles. The molecule has 0 aromatic carbocycles. The highest BCUT2D eigenvalue weighted by molar-refractivity contribution is 5.69. The van der Waals surface area contributed by atoms with E-state index >= 15 is 0 Å². The van der Waals surface area contributed by atoms with Gasteiger partial charge in [-0.05, 0) is 124 Å². The second-order valence-corrected chi connectivity index (χ2v) is 17.9. The van der Waals surface area contributed by atoms with E-state index in [4.69, 9.17) is 4.74 Å². The van der Waals surface area contributed by atoms with Gasteiger partial charge in [-0.2, -0.15) is 0 Å². The maximum Gasteiger partial charge on any atom is 0.306 e. The number of rotatable bonds is 21. The van der Waals surface area contributed by atoms with E-state index in [1.807, 2.05) is 0 Å². The van der Waals surface area contributed by atoms with Gasteiger partial charge in [0.2, 0.25) is 0 Å². The summed E-state index contributed by atoms with van der Waals surface area (Å²) in [5.41, 5.74) is 2.20. The number of hydrogen-bond acceptors (Lipinski definition) is 2. The van der Waals surface area contributed by atoms with Gasteiger partial charge in [0.05, 0.1) is 0 Å². The van der Waals surface area contributed by atoms with Gasteiger partial charge in [-0.3, -0.25) is 4.79 Å². The lowest BCUT2D eigenvalue weighted by atomic mass is 9.46. The van der Waals surface area contributed by atoms with Crippen LogP contribution in [0.4, 0.5) is 0 Å². The van der Waals surface area contributed by atoms with E-state index in [-0.39, 0.29) is 17.5 Å². The van der Waals surface area contributed by atoms with Crippen LogP contribution in [0.25, 0.3) is 0 Å². The van der Waals surface area contributed by atoms with Crippen LogP contribution in [0.5, 0.6) is 0 Å². The van der Waals surface area contributed by atoms with Gasteiger partial charge >= 0.3 is 5.97 Å². The summed E-state index contributed by atoms with van der Waals surface area (Å²) in [7, 11) is 0. The number of unbranched alkanes of at least 4 members (excludes halogenated alkanes) is 11. The van der Waals surface area contributed by atoms with Crippen LogP contribution in [0.1, 0.15) is 202 Å². The van der Waals surface area contributed by atoms with E-state index in [1.54, 1.807) is 5.57 Å². The van der Waals surface area contributed by atoms with Crippen molar-refractivity contribution < 1.29 is 9.53 Å². The molecule has 3 saturated carbocycles. The first kappa shape index (κ1) is 38.7. The fraction of sp³-hybridized carbons (Fsp3) is 0.889. The number of carbonyl (C=O) groups excluding carboxylic acids is 1. The molecule has 8 atom stereocenters. The monoisotopic (exact) mass is 651 g/mol. The molecule has 4 aliphatic rings. The highest BCUT2D eigenvalue weighted by Crippen LogP contribution is 2.67. The highest BCUT2D eigenvalue weighted by atomic mass is 16.5. The highest BCUT2D eigenvalue weighted by Gasteiger charge is 2.61. The second-order valence-electron chi connectivity index (χ2n) is 17.9. The molecule has 0 N–H and O–H groups in total. The largest absolute Gasteiger partial charge is 0.461 e. The molecule has 4 aliphatic carbocycles. The molecule has 0 aromatic rings. The third-order valence-corrected chi connectivity index (χ3v) is 14.2. The third kappa shape index (κ3) is 10.2. The van der Waals surface area contributed by atoms with Gasteiger partial charge in [0.1, 0.15) is 6.10 Å². The van der Waals surface area contributed by atoms with Crippen molar-refractivity contribution in [3.63, 3.8) is 0 Å². The Morgan fingerprint density at radius 3 is 2.21 bits per heavy atom. The molecule has 0 aromatic heterocycles. The average molecular weight is 651 g/mol. The molecule has 0 spiro atoms. The topological polar surface area (TPSA) is 26.3 Å². The smallest absolute Gasteiger partial charge is 0.306 e.